The third kappa shape index (κ3) is 2.60. The van der Waals surface area contributed by atoms with E-state index in [9.17, 15) is 0 Å². The fourth-order valence-corrected chi connectivity index (χ4v) is 2.61. The van der Waals surface area contributed by atoms with Crippen molar-refractivity contribution >= 4 is 28.9 Å². The Labute approximate surface area is 122 Å². The van der Waals surface area contributed by atoms with Crippen molar-refractivity contribution in [1.29, 1.82) is 0 Å². The van der Waals surface area contributed by atoms with Crippen molar-refractivity contribution < 1.29 is 0 Å². The highest BCUT2D eigenvalue weighted by atomic mass is 35.5. The van der Waals surface area contributed by atoms with Crippen molar-refractivity contribution in [2.75, 3.05) is 6.54 Å². The molecule has 0 aromatic heterocycles. The molecule has 1 N–H and O–H groups in total. The zero-order valence-electron chi connectivity index (χ0n) is 10.1. The molecule has 0 fully saturated rings. The van der Waals surface area contributed by atoms with Crippen LogP contribution < -0.4 is 5.43 Å². The van der Waals surface area contributed by atoms with Crippen LogP contribution in [-0.4, -0.2) is 12.3 Å². The van der Waals surface area contributed by atoms with E-state index in [0.29, 0.717) is 0 Å². The maximum absolute atomic E-state index is 6.06. The standard InChI is InChI=1S/C15H12Cl2N2/c16-12-6-4-10(5-7-12)15-14(9-18-19-15)11-2-1-3-13(17)8-11/h1-8,14,18H,9H2. The first kappa shape index (κ1) is 12.5. The first-order valence-corrected chi connectivity index (χ1v) is 6.81. The highest BCUT2D eigenvalue weighted by molar-refractivity contribution is 6.31. The minimum absolute atomic E-state index is 0.222. The van der Waals surface area contributed by atoms with Gasteiger partial charge in [-0.2, -0.15) is 5.10 Å². The van der Waals surface area contributed by atoms with Crippen LogP contribution in [0.3, 0.4) is 0 Å². The Bertz CT molecular complexity index is 620. The van der Waals surface area contributed by atoms with Crippen molar-refractivity contribution in [1.82, 2.24) is 5.43 Å². The monoisotopic (exact) mass is 290 g/mol. The molecule has 19 heavy (non-hydrogen) atoms. The van der Waals surface area contributed by atoms with Gasteiger partial charge in [0.1, 0.15) is 0 Å². The summed E-state index contributed by atoms with van der Waals surface area (Å²) in [5.74, 6) is 0.222. The van der Waals surface area contributed by atoms with Gasteiger partial charge in [0.15, 0.2) is 0 Å². The van der Waals surface area contributed by atoms with Gasteiger partial charge >= 0.3 is 0 Å². The highest BCUT2D eigenvalue weighted by Gasteiger charge is 2.24. The third-order valence-corrected chi connectivity index (χ3v) is 3.70. The molecule has 0 saturated carbocycles. The summed E-state index contributed by atoms with van der Waals surface area (Å²) in [5.41, 5.74) is 6.35. The predicted octanol–water partition coefficient (Wildman–Crippen LogP) is 4.08. The summed E-state index contributed by atoms with van der Waals surface area (Å²) in [4.78, 5) is 0. The van der Waals surface area contributed by atoms with Crippen molar-refractivity contribution in [3.8, 4) is 0 Å². The summed E-state index contributed by atoms with van der Waals surface area (Å²) in [6.45, 7) is 0.790. The lowest BCUT2D eigenvalue weighted by atomic mass is 9.91. The van der Waals surface area contributed by atoms with Crippen LogP contribution >= 0.6 is 23.2 Å². The number of rotatable bonds is 2. The summed E-state index contributed by atoms with van der Waals surface area (Å²) in [7, 11) is 0. The number of halogens is 2. The molecule has 2 aromatic rings. The highest BCUT2D eigenvalue weighted by Crippen LogP contribution is 2.27. The molecule has 0 spiro atoms. The fraction of sp³-hybridized carbons (Fsp3) is 0.133. The van der Waals surface area contributed by atoms with Gasteiger partial charge in [-0.15, -0.1) is 0 Å². The second-order valence-corrected chi connectivity index (χ2v) is 5.35. The van der Waals surface area contributed by atoms with Gasteiger partial charge in [0.2, 0.25) is 0 Å². The van der Waals surface area contributed by atoms with E-state index in [1.165, 1.54) is 5.56 Å². The number of nitrogens with zero attached hydrogens (tertiary/aromatic N) is 1. The maximum Gasteiger partial charge on any atom is 0.0768 e. The van der Waals surface area contributed by atoms with Crippen LogP contribution in [0.25, 0.3) is 0 Å². The molecule has 1 atom stereocenters. The Hall–Kier alpha value is -1.51. The van der Waals surface area contributed by atoms with E-state index >= 15 is 0 Å². The average molecular weight is 291 g/mol. The summed E-state index contributed by atoms with van der Waals surface area (Å²) >= 11 is 12.0. The fourth-order valence-electron chi connectivity index (χ4n) is 2.28. The third-order valence-electron chi connectivity index (χ3n) is 3.22. The quantitative estimate of drug-likeness (QED) is 0.885. The first-order chi connectivity index (χ1) is 9.24. The predicted molar refractivity (Wildman–Crippen MR) is 80.2 cm³/mol. The van der Waals surface area contributed by atoms with Gasteiger partial charge in [0.25, 0.3) is 0 Å². The second kappa shape index (κ2) is 5.24. The Balaban J connectivity index is 1.95. The lowest BCUT2D eigenvalue weighted by Crippen LogP contribution is -2.14. The first-order valence-electron chi connectivity index (χ1n) is 6.06. The van der Waals surface area contributed by atoms with Gasteiger partial charge in [-0.1, -0.05) is 47.5 Å². The van der Waals surface area contributed by atoms with Crippen molar-refractivity contribution in [3.63, 3.8) is 0 Å². The van der Waals surface area contributed by atoms with Crippen LogP contribution in [0.15, 0.2) is 53.6 Å². The van der Waals surface area contributed by atoms with Gasteiger partial charge in [-0.25, -0.2) is 0 Å². The van der Waals surface area contributed by atoms with Crippen molar-refractivity contribution in [3.05, 3.63) is 69.7 Å². The van der Waals surface area contributed by atoms with Crippen LogP contribution in [0.1, 0.15) is 17.0 Å². The number of hydrogen-bond acceptors (Lipinski definition) is 2. The molecule has 96 valence electrons. The van der Waals surface area contributed by atoms with E-state index in [-0.39, 0.29) is 5.92 Å². The number of hydrazone groups is 1. The minimum Gasteiger partial charge on any atom is -0.309 e. The van der Waals surface area contributed by atoms with Crippen molar-refractivity contribution in [2.24, 2.45) is 5.10 Å². The van der Waals surface area contributed by atoms with E-state index in [0.717, 1.165) is 27.9 Å². The molecule has 4 heteroatoms. The minimum atomic E-state index is 0.222. The van der Waals surface area contributed by atoms with Crippen LogP contribution in [0.5, 0.6) is 0 Å². The summed E-state index contributed by atoms with van der Waals surface area (Å²) in [6, 6.07) is 15.7. The van der Waals surface area contributed by atoms with Gasteiger partial charge in [0, 0.05) is 22.5 Å². The molecule has 1 heterocycles. The van der Waals surface area contributed by atoms with Crippen LogP contribution in [0, 0.1) is 0 Å². The average Bonchev–Trinajstić information content (AvgIpc) is 2.89. The van der Waals surface area contributed by atoms with E-state index in [4.69, 9.17) is 23.2 Å². The second-order valence-electron chi connectivity index (χ2n) is 4.47. The number of benzene rings is 2. The largest absolute Gasteiger partial charge is 0.309 e. The van der Waals surface area contributed by atoms with Crippen LogP contribution in [-0.2, 0) is 0 Å². The van der Waals surface area contributed by atoms with Crippen LogP contribution in [0.4, 0.5) is 0 Å². The maximum atomic E-state index is 6.06. The molecule has 0 amide bonds. The normalized spacial score (nSPS) is 18.0. The van der Waals surface area contributed by atoms with Crippen LogP contribution in [0.2, 0.25) is 10.0 Å². The van der Waals surface area contributed by atoms with Gasteiger partial charge < -0.3 is 5.43 Å². The molecule has 3 rings (SSSR count). The lowest BCUT2D eigenvalue weighted by Gasteiger charge is -2.13. The summed E-state index contributed by atoms with van der Waals surface area (Å²) < 4.78 is 0. The summed E-state index contributed by atoms with van der Waals surface area (Å²) in [5, 5.41) is 5.88. The van der Waals surface area contributed by atoms with Gasteiger partial charge in [0.05, 0.1) is 5.71 Å². The van der Waals surface area contributed by atoms with Gasteiger partial charge in [-0.3, -0.25) is 0 Å². The molecule has 0 bridgehead atoms. The molecular weight excluding hydrogens is 279 g/mol. The number of nitrogens with one attached hydrogen (secondary N) is 1. The van der Waals surface area contributed by atoms with E-state index < -0.39 is 0 Å². The number of hydrogen-bond donors (Lipinski definition) is 1. The van der Waals surface area contributed by atoms with Gasteiger partial charge in [-0.05, 0) is 35.4 Å². The molecule has 1 aliphatic heterocycles. The molecule has 0 radical (unpaired) electrons. The Morgan fingerprint density at radius 2 is 1.79 bits per heavy atom. The molecular formula is C15H12Cl2N2. The molecule has 0 saturated heterocycles. The molecule has 1 unspecified atom stereocenters. The summed E-state index contributed by atoms with van der Waals surface area (Å²) in [6.07, 6.45) is 0. The SMILES string of the molecule is Clc1ccc(C2=NNCC2c2cccc(Cl)c2)cc1. The topological polar surface area (TPSA) is 24.4 Å². The van der Waals surface area contributed by atoms with E-state index in [1.807, 2.05) is 42.5 Å². The smallest absolute Gasteiger partial charge is 0.0768 e. The lowest BCUT2D eigenvalue weighted by molar-refractivity contribution is 0.763. The molecule has 2 nitrogen and oxygen atoms in total. The zero-order valence-corrected chi connectivity index (χ0v) is 11.6. The Morgan fingerprint density at radius 3 is 2.53 bits per heavy atom. The van der Waals surface area contributed by atoms with E-state index in [1.54, 1.807) is 0 Å². The van der Waals surface area contributed by atoms with Crippen molar-refractivity contribution in [2.45, 2.75) is 5.92 Å². The molecule has 1 aliphatic rings. The molecule has 0 aliphatic carbocycles. The zero-order chi connectivity index (χ0) is 13.2. The Morgan fingerprint density at radius 1 is 1.00 bits per heavy atom. The Kier molecular flexibility index (Phi) is 3.45. The van der Waals surface area contributed by atoms with E-state index in [2.05, 4.69) is 16.6 Å². The molecule has 2 aromatic carbocycles.